The first-order valence-electron chi connectivity index (χ1n) is 7.71. The molecule has 0 saturated heterocycles. The molecule has 0 aliphatic heterocycles. The quantitative estimate of drug-likeness (QED) is 0.719. The minimum atomic E-state index is -1.49. The van der Waals surface area contributed by atoms with E-state index >= 15 is 0 Å². The zero-order chi connectivity index (χ0) is 14.2. The third kappa shape index (κ3) is 2.47. The lowest BCUT2D eigenvalue weighted by Gasteiger charge is -2.34. The van der Waals surface area contributed by atoms with Crippen LogP contribution in [0.2, 0.25) is 13.1 Å². The van der Waals surface area contributed by atoms with E-state index in [0.717, 1.165) is 17.4 Å². The summed E-state index contributed by atoms with van der Waals surface area (Å²) in [7, 11) is -1.49. The van der Waals surface area contributed by atoms with Crippen molar-refractivity contribution in [2.24, 2.45) is 11.8 Å². The number of hydrogen-bond donors (Lipinski definition) is 0. The zero-order valence-electron chi connectivity index (χ0n) is 12.7. The molecule has 0 radical (unpaired) electrons. The summed E-state index contributed by atoms with van der Waals surface area (Å²) in [5.41, 5.74) is 2.31. The van der Waals surface area contributed by atoms with E-state index < -0.39 is 8.07 Å². The molecule has 0 amide bonds. The third-order valence-corrected chi connectivity index (χ3v) is 9.19. The first-order valence-corrected chi connectivity index (χ1v) is 10.8. The van der Waals surface area contributed by atoms with Crippen LogP contribution < -0.4 is 5.19 Å². The highest BCUT2D eigenvalue weighted by molar-refractivity contribution is 6.91. The molecule has 1 aliphatic rings. The standard InChI is InChI=1S/C19H24Si/c1-15-14-18(15)19(16-10-6-4-7-11-16)20(2,3)17-12-8-5-9-13-17/h4-13,15,18-19H,14H2,1-3H3/t15-,18+,19-/m0/s1. The zero-order valence-corrected chi connectivity index (χ0v) is 13.7. The Labute approximate surface area is 123 Å². The average molecular weight is 280 g/mol. The Bertz CT molecular complexity index is 559. The molecule has 0 nitrogen and oxygen atoms in total. The highest BCUT2D eigenvalue weighted by atomic mass is 28.3. The summed E-state index contributed by atoms with van der Waals surface area (Å²) < 4.78 is 0. The van der Waals surface area contributed by atoms with Crippen LogP contribution in [0.1, 0.15) is 24.4 Å². The molecule has 2 aromatic rings. The molecule has 0 N–H and O–H groups in total. The van der Waals surface area contributed by atoms with Gasteiger partial charge in [-0.1, -0.05) is 85.9 Å². The van der Waals surface area contributed by atoms with E-state index in [9.17, 15) is 0 Å². The van der Waals surface area contributed by atoms with Crippen LogP contribution >= 0.6 is 0 Å². The van der Waals surface area contributed by atoms with Gasteiger partial charge in [0.15, 0.2) is 0 Å². The summed E-state index contributed by atoms with van der Waals surface area (Å²) in [6, 6.07) is 22.4. The van der Waals surface area contributed by atoms with Crippen molar-refractivity contribution in [3.8, 4) is 0 Å². The molecule has 0 spiro atoms. The van der Waals surface area contributed by atoms with Crippen LogP contribution in [0.15, 0.2) is 60.7 Å². The summed E-state index contributed by atoms with van der Waals surface area (Å²) >= 11 is 0. The highest BCUT2D eigenvalue weighted by Crippen LogP contribution is 2.51. The lowest BCUT2D eigenvalue weighted by Crippen LogP contribution is -2.48. The van der Waals surface area contributed by atoms with Gasteiger partial charge in [-0.15, -0.1) is 0 Å². The monoisotopic (exact) mass is 280 g/mol. The lowest BCUT2D eigenvalue weighted by molar-refractivity contribution is 0.702. The number of rotatable bonds is 4. The van der Waals surface area contributed by atoms with Gasteiger partial charge in [-0.25, -0.2) is 0 Å². The predicted molar refractivity (Wildman–Crippen MR) is 90.0 cm³/mol. The maximum atomic E-state index is 2.55. The van der Waals surface area contributed by atoms with Gasteiger partial charge in [-0.3, -0.25) is 0 Å². The summed E-state index contributed by atoms with van der Waals surface area (Å²) in [6.45, 7) is 7.51. The van der Waals surface area contributed by atoms with Crippen LogP contribution in [0.3, 0.4) is 0 Å². The molecular weight excluding hydrogens is 256 g/mol. The van der Waals surface area contributed by atoms with Gasteiger partial charge in [-0.2, -0.15) is 0 Å². The molecule has 0 aromatic heterocycles. The fourth-order valence-corrected chi connectivity index (χ4v) is 7.69. The summed E-state index contributed by atoms with van der Waals surface area (Å²) in [5.74, 6) is 1.79. The molecule has 1 saturated carbocycles. The SMILES string of the molecule is C[C@H]1C[C@H]1[C@H](c1ccccc1)[Si](C)(C)c1ccccc1. The van der Waals surface area contributed by atoms with Crippen LogP contribution in [-0.4, -0.2) is 8.07 Å². The molecule has 0 unspecified atom stereocenters. The van der Waals surface area contributed by atoms with Crippen molar-refractivity contribution in [3.05, 3.63) is 66.2 Å². The average Bonchev–Trinajstić information content (AvgIpc) is 3.17. The second-order valence-electron chi connectivity index (χ2n) is 6.85. The molecule has 1 aliphatic carbocycles. The molecule has 3 rings (SSSR count). The van der Waals surface area contributed by atoms with Crippen LogP contribution in [-0.2, 0) is 0 Å². The third-order valence-electron chi connectivity index (χ3n) is 5.05. The van der Waals surface area contributed by atoms with Gasteiger partial charge in [0.25, 0.3) is 0 Å². The van der Waals surface area contributed by atoms with E-state index in [1.165, 1.54) is 6.42 Å². The van der Waals surface area contributed by atoms with E-state index in [1.807, 2.05) is 0 Å². The van der Waals surface area contributed by atoms with E-state index in [2.05, 4.69) is 80.7 Å². The minimum Gasteiger partial charge on any atom is -0.0650 e. The first kappa shape index (κ1) is 13.6. The summed E-state index contributed by atoms with van der Waals surface area (Å²) in [5, 5.41) is 1.59. The largest absolute Gasteiger partial charge is 0.0882 e. The molecule has 0 heterocycles. The van der Waals surface area contributed by atoms with E-state index in [1.54, 1.807) is 10.8 Å². The molecular formula is C19H24Si. The Morgan fingerprint density at radius 2 is 1.40 bits per heavy atom. The number of benzene rings is 2. The second kappa shape index (κ2) is 5.21. The van der Waals surface area contributed by atoms with Gasteiger partial charge in [0.2, 0.25) is 0 Å². The molecule has 2 aromatic carbocycles. The van der Waals surface area contributed by atoms with Crippen LogP contribution in [0.5, 0.6) is 0 Å². The van der Waals surface area contributed by atoms with Gasteiger partial charge in [0.1, 0.15) is 0 Å². The second-order valence-corrected chi connectivity index (χ2v) is 11.5. The Balaban J connectivity index is 2.02. The molecule has 1 fully saturated rings. The van der Waals surface area contributed by atoms with Crippen LogP contribution in [0.4, 0.5) is 0 Å². The predicted octanol–water partition coefficient (Wildman–Crippen LogP) is 4.58. The first-order chi connectivity index (χ1) is 9.60. The maximum absolute atomic E-state index is 2.55. The Morgan fingerprint density at radius 3 is 1.90 bits per heavy atom. The van der Waals surface area contributed by atoms with Gasteiger partial charge < -0.3 is 0 Å². The van der Waals surface area contributed by atoms with Gasteiger partial charge >= 0.3 is 0 Å². The van der Waals surface area contributed by atoms with Crippen molar-refractivity contribution in [1.29, 1.82) is 0 Å². The normalized spacial score (nSPS) is 23.4. The Hall–Kier alpha value is -1.34. The van der Waals surface area contributed by atoms with Crippen molar-refractivity contribution in [2.75, 3.05) is 0 Å². The Kier molecular flexibility index (Phi) is 3.55. The van der Waals surface area contributed by atoms with Gasteiger partial charge in [0.05, 0.1) is 8.07 Å². The summed E-state index contributed by atoms with van der Waals surface area (Å²) in [6.07, 6.45) is 1.41. The van der Waals surface area contributed by atoms with Crippen LogP contribution in [0.25, 0.3) is 0 Å². The van der Waals surface area contributed by atoms with Crippen molar-refractivity contribution in [3.63, 3.8) is 0 Å². The minimum absolute atomic E-state index is 0.751. The maximum Gasteiger partial charge on any atom is 0.0882 e. The van der Waals surface area contributed by atoms with Crippen molar-refractivity contribution < 1.29 is 0 Å². The molecule has 20 heavy (non-hydrogen) atoms. The molecule has 0 bridgehead atoms. The number of hydrogen-bond acceptors (Lipinski definition) is 0. The van der Waals surface area contributed by atoms with Crippen LogP contribution in [0, 0.1) is 11.8 Å². The summed E-state index contributed by atoms with van der Waals surface area (Å²) in [4.78, 5) is 0. The Morgan fingerprint density at radius 1 is 0.900 bits per heavy atom. The van der Waals surface area contributed by atoms with Gasteiger partial charge in [0, 0.05) is 0 Å². The van der Waals surface area contributed by atoms with Crippen molar-refractivity contribution in [2.45, 2.75) is 32.0 Å². The molecule has 104 valence electrons. The fraction of sp³-hybridized carbons (Fsp3) is 0.368. The van der Waals surface area contributed by atoms with Crippen molar-refractivity contribution >= 4 is 13.3 Å². The highest BCUT2D eigenvalue weighted by Gasteiger charge is 2.48. The van der Waals surface area contributed by atoms with E-state index in [-0.39, 0.29) is 0 Å². The molecule has 1 heteroatoms. The smallest absolute Gasteiger partial charge is 0.0650 e. The van der Waals surface area contributed by atoms with Crippen molar-refractivity contribution in [1.82, 2.24) is 0 Å². The molecule has 3 atom stereocenters. The topological polar surface area (TPSA) is 0 Å². The van der Waals surface area contributed by atoms with E-state index in [0.29, 0.717) is 0 Å². The fourth-order valence-electron chi connectivity index (χ4n) is 3.72. The van der Waals surface area contributed by atoms with Gasteiger partial charge in [-0.05, 0) is 29.4 Å². The van der Waals surface area contributed by atoms with E-state index in [4.69, 9.17) is 0 Å². The lowest BCUT2D eigenvalue weighted by atomic mass is 10.1.